The Morgan fingerprint density at radius 2 is 0.462 bits per heavy atom. The summed E-state index contributed by atoms with van der Waals surface area (Å²) in [7, 11) is -9.93. The van der Waals surface area contributed by atoms with Crippen molar-refractivity contribution >= 4 is 39.5 Å². The number of ether oxygens (including phenoxy) is 4. The van der Waals surface area contributed by atoms with Crippen molar-refractivity contribution in [1.82, 2.24) is 0 Å². The predicted octanol–water partition coefficient (Wildman–Crippen LogP) is 25.8. The molecule has 3 N–H and O–H groups in total. The van der Waals surface area contributed by atoms with Gasteiger partial charge in [-0.3, -0.25) is 37.3 Å². The molecule has 0 amide bonds. The molecule has 0 aliphatic rings. The summed E-state index contributed by atoms with van der Waals surface area (Å²) in [6.45, 7) is 9.73. The zero-order valence-corrected chi connectivity index (χ0v) is 70.1. The van der Waals surface area contributed by atoms with Crippen LogP contribution in [0.3, 0.4) is 0 Å². The minimum Gasteiger partial charge on any atom is -0.462 e. The third-order valence-electron chi connectivity index (χ3n) is 20.7. The third kappa shape index (κ3) is 75.5. The van der Waals surface area contributed by atoms with E-state index >= 15 is 0 Å². The van der Waals surface area contributed by atoms with Crippen molar-refractivity contribution < 1.29 is 80.2 Å². The predicted molar refractivity (Wildman–Crippen MR) is 428 cm³/mol. The molecule has 0 spiro atoms. The number of phosphoric acid groups is 2. The van der Waals surface area contributed by atoms with E-state index in [-0.39, 0.29) is 25.7 Å². The van der Waals surface area contributed by atoms with Gasteiger partial charge in [-0.05, 0) is 37.5 Å². The van der Waals surface area contributed by atoms with Crippen LogP contribution in [0.25, 0.3) is 0 Å². The topological polar surface area (TPSA) is 237 Å². The van der Waals surface area contributed by atoms with Gasteiger partial charge in [0.15, 0.2) is 12.2 Å². The molecule has 0 aliphatic carbocycles. The monoisotopic (exact) mass is 1520 g/mol. The second kappa shape index (κ2) is 76.4. The number of hydrogen-bond donors (Lipinski definition) is 3. The Morgan fingerprint density at radius 1 is 0.269 bits per heavy atom. The Morgan fingerprint density at radius 3 is 0.683 bits per heavy atom. The molecule has 0 heterocycles. The second-order valence-electron chi connectivity index (χ2n) is 31.1. The maximum atomic E-state index is 13.1. The molecule has 7 atom stereocenters. The van der Waals surface area contributed by atoms with Gasteiger partial charge >= 0.3 is 39.5 Å². The van der Waals surface area contributed by atoms with Crippen LogP contribution in [0.15, 0.2) is 0 Å². The Labute approximate surface area is 638 Å². The highest BCUT2D eigenvalue weighted by molar-refractivity contribution is 7.47. The summed E-state index contributed by atoms with van der Waals surface area (Å²) in [5.74, 6) is -0.474. The molecule has 19 heteroatoms. The maximum absolute atomic E-state index is 13.1. The lowest BCUT2D eigenvalue weighted by Crippen LogP contribution is -2.30. The molecule has 4 unspecified atom stereocenters. The van der Waals surface area contributed by atoms with Crippen molar-refractivity contribution in [1.29, 1.82) is 0 Å². The highest BCUT2D eigenvalue weighted by atomic mass is 31.2. The highest BCUT2D eigenvalue weighted by Gasteiger charge is 2.30. The van der Waals surface area contributed by atoms with Gasteiger partial charge in [-0.2, -0.15) is 0 Å². The van der Waals surface area contributed by atoms with Crippen LogP contribution in [-0.2, 0) is 65.4 Å². The number of aliphatic hydroxyl groups is 1. The van der Waals surface area contributed by atoms with Gasteiger partial charge in [-0.1, -0.05) is 401 Å². The van der Waals surface area contributed by atoms with Crippen LogP contribution in [0.5, 0.6) is 0 Å². The lowest BCUT2D eigenvalue weighted by Gasteiger charge is -2.21. The first kappa shape index (κ1) is 102. The third-order valence-corrected chi connectivity index (χ3v) is 22.6. The Hall–Kier alpha value is -1.94. The number of carbonyl (C=O) groups is 4. The van der Waals surface area contributed by atoms with Gasteiger partial charge in [0, 0.05) is 25.7 Å². The summed E-state index contributed by atoms with van der Waals surface area (Å²) < 4.78 is 68.9. The summed E-state index contributed by atoms with van der Waals surface area (Å²) in [6.07, 6.45) is 67.8. The summed E-state index contributed by atoms with van der Waals surface area (Å²) in [4.78, 5) is 73.2. The van der Waals surface area contributed by atoms with Crippen LogP contribution in [0.1, 0.15) is 452 Å². The number of aliphatic hydroxyl groups excluding tert-OH is 1. The molecule has 0 aromatic heterocycles. The Kier molecular flexibility index (Phi) is 75.0. The molecule has 0 aromatic rings. The average Bonchev–Trinajstić information content (AvgIpc) is 0.917. The Bertz CT molecular complexity index is 2000. The van der Waals surface area contributed by atoms with Crippen LogP contribution in [0, 0.1) is 11.8 Å². The maximum Gasteiger partial charge on any atom is 0.472 e. The fourth-order valence-electron chi connectivity index (χ4n) is 13.2. The standard InChI is InChI=1S/C85H166O17P2/c1-7-11-13-15-17-19-21-23-25-26-27-28-30-36-40-44-52-58-64-70-84(89)101-80(73-95-82(87)67-61-55-49-42-38-34-32-31-33-37-41-47-53-59-65-77(5)9-3)75-99-103(91,92)97-71-79(86)72-98-104(93,94)100-76-81(74-96-83(88)68-62-56-50-46-45-48-54-60-66-78(6)10-4)102-85(90)69-63-57-51-43-39-35-29-24-22-20-18-16-14-12-8-2/h77-81,86H,7-76H2,1-6H3,(H,91,92)(H,93,94)/t77?,78?,79-,80-,81-/m1/s1. The fourth-order valence-corrected chi connectivity index (χ4v) is 14.8. The molecule has 0 saturated heterocycles. The summed E-state index contributed by atoms with van der Waals surface area (Å²) in [5, 5.41) is 10.7. The van der Waals surface area contributed by atoms with E-state index in [1.807, 2.05) is 0 Å². The van der Waals surface area contributed by atoms with Crippen molar-refractivity contribution in [2.45, 2.75) is 471 Å². The number of unbranched alkanes of at least 4 members (excludes halogenated alkanes) is 52. The number of carbonyl (C=O) groups excluding carboxylic acids is 4. The fraction of sp³-hybridized carbons (Fsp3) is 0.953. The van der Waals surface area contributed by atoms with E-state index in [9.17, 15) is 43.2 Å². The van der Waals surface area contributed by atoms with E-state index in [2.05, 4.69) is 41.5 Å². The normalized spacial score (nSPS) is 14.4. The zero-order valence-electron chi connectivity index (χ0n) is 68.3. The molecule has 0 saturated carbocycles. The van der Waals surface area contributed by atoms with E-state index in [1.165, 1.54) is 270 Å². The minimum absolute atomic E-state index is 0.108. The molecule has 104 heavy (non-hydrogen) atoms. The Balaban J connectivity index is 5.26. The van der Waals surface area contributed by atoms with Gasteiger partial charge in [-0.15, -0.1) is 0 Å². The van der Waals surface area contributed by atoms with E-state index in [1.54, 1.807) is 0 Å². The summed E-state index contributed by atoms with van der Waals surface area (Å²) in [6, 6.07) is 0. The van der Waals surface area contributed by atoms with Crippen LogP contribution in [-0.4, -0.2) is 96.7 Å². The average molecular weight is 1520 g/mol. The molecular formula is C85H166O17P2. The van der Waals surface area contributed by atoms with Crippen molar-refractivity contribution in [3.05, 3.63) is 0 Å². The van der Waals surface area contributed by atoms with Gasteiger partial charge in [-0.25, -0.2) is 9.13 Å². The number of phosphoric ester groups is 2. The van der Waals surface area contributed by atoms with Crippen molar-refractivity contribution in [2.75, 3.05) is 39.6 Å². The lowest BCUT2D eigenvalue weighted by atomic mass is 9.99. The largest absolute Gasteiger partial charge is 0.472 e. The van der Waals surface area contributed by atoms with Crippen LogP contribution in [0.2, 0.25) is 0 Å². The minimum atomic E-state index is -4.97. The molecule has 0 radical (unpaired) electrons. The van der Waals surface area contributed by atoms with E-state index in [0.29, 0.717) is 25.7 Å². The first-order chi connectivity index (χ1) is 50.4. The second-order valence-corrected chi connectivity index (χ2v) is 34.0. The van der Waals surface area contributed by atoms with Gasteiger partial charge in [0.25, 0.3) is 0 Å². The highest BCUT2D eigenvalue weighted by Crippen LogP contribution is 2.45. The van der Waals surface area contributed by atoms with Crippen molar-refractivity contribution in [3.63, 3.8) is 0 Å². The number of hydrogen-bond acceptors (Lipinski definition) is 15. The first-order valence-electron chi connectivity index (χ1n) is 44.1. The van der Waals surface area contributed by atoms with Crippen LogP contribution in [0.4, 0.5) is 0 Å². The number of esters is 4. The van der Waals surface area contributed by atoms with Crippen LogP contribution >= 0.6 is 15.6 Å². The van der Waals surface area contributed by atoms with Crippen molar-refractivity contribution in [3.8, 4) is 0 Å². The van der Waals surface area contributed by atoms with Crippen LogP contribution < -0.4 is 0 Å². The quantitative estimate of drug-likeness (QED) is 0.0222. The molecular weight excluding hydrogens is 1350 g/mol. The molecule has 0 bridgehead atoms. The van der Waals surface area contributed by atoms with Gasteiger partial charge in [0.1, 0.15) is 19.3 Å². The number of rotatable bonds is 84. The summed E-state index contributed by atoms with van der Waals surface area (Å²) in [5.41, 5.74) is 0. The zero-order chi connectivity index (χ0) is 76.4. The molecule has 0 aliphatic heterocycles. The van der Waals surface area contributed by atoms with E-state index < -0.39 is 97.5 Å². The molecule has 0 rings (SSSR count). The molecule has 0 aromatic carbocycles. The lowest BCUT2D eigenvalue weighted by molar-refractivity contribution is -0.161. The molecule has 17 nitrogen and oxygen atoms in total. The smallest absolute Gasteiger partial charge is 0.462 e. The van der Waals surface area contributed by atoms with Gasteiger partial charge in [0.2, 0.25) is 0 Å². The summed E-state index contributed by atoms with van der Waals surface area (Å²) >= 11 is 0. The van der Waals surface area contributed by atoms with E-state index in [4.69, 9.17) is 37.0 Å². The van der Waals surface area contributed by atoms with Gasteiger partial charge < -0.3 is 33.8 Å². The first-order valence-corrected chi connectivity index (χ1v) is 47.1. The van der Waals surface area contributed by atoms with Gasteiger partial charge in [0.05, 0.1) is 26.4 Å². The molecule has 618 valence electrons. The van der Waals surface area contributed by atoms with E-state index in [0.717, 1.165) is 102 Å². The van der Waals surface area contributed by atoms with Crippen molar-refractivity contribution in [2.24, 2.45) is 11.8 Å². The molecule has 0 fully saturated rings. The SMILES string of the molecule is CCCCCCCCCCCCCCCCCCCCCC(=O)O[C@H](COC(=O)CCCCCCCCCCCCCCCCC(C)CC)COP(=O)(O)OC[C@@H](O)COP(=O)(O)OC[C@@H](COC(=O)CCCCCCCCCCC(C)CC)OC(=O)CCCCCCCCCCCCCCCCC.